The molecular formula is C16H7F17Mg. The summed E-state index contributed by atoms with van der Waals surface area (Å²) in [6.45, 7) is 7.00. The van der Waals surface area contributed by atoms with E-state index >= 15 is 0 Å². The fourth-order valence-corrected chi connectivity index (χ4v) is 1.93. The molecule has 0 aromatic heterocycles. The van der Waals surface area contributed by atoms with E-state index in [-0.39, 0.29) is 35.2 Å². The molecule has 192 valence electrons. The molecular weight excluding hydrogens is 539 g/mol. The summed E-state index contributed by atoms with van der Waals surface area (Å²) in [7, 11) is 0. The van der Waals surface area contributed by atoms with Crippen molar-refractivity contribution < 1.29 is 74.6 Å². The van der Waals surface area contributed by atoms with Crippen LogP contribution in [-0.2, 0) is 5.92 Å². The van der Waals surface area contributed by atoms with E-state index < -0.39 is 53.2 Å². The first-order valence-electron chi connectivity index (χ1n) is 7.44. The number of hydrogen-bond acceptors (Lipinski definition) is 0. The zero-order chi connectivity index (χ0) is 27.1. The van der Waals surface area contributed by atoms with Gasteiger partial charge in [-0.05, 0) is 0 Å². The summed E-state index contributed by atoms with van der Waals surface area (Å²) < 4.78 is 222. The number of benzene rings is 1. The Kier molecular flexibility index (Phi) is 10.1. The van der Waals surface area contributed by atoms with Gasteiger partial charge in [0.25, 0.3) is 0 Å². The van der Waals surface area contributed by atoms with Gasteiger partial charge in [0.15, 0.2) is 0 Å². The summed E-state index contributed by atoms with van der Waals surface area (Å²) in [5.74, 6) is -56.4. The molecule has 1 aromatic carbocycles. The van der Waals surface area contributed by atoms with E-state index in [4.69, 9.17) is 0 Å². The molecule has 0 unspecified atom stereocenters. The third-order valence-electron chi connectivity index (χ3n) is 3.79. The molecule has 0 nitrogen and oxygen atoms in total. The smallest absolute Gasteiger partial charge is 0.521 e. The third-order valence-corrected chi connectivity index (χ3v) is 3.79. The second kappa shape index (κ2) is 9.89. The number of rotatable bonds is 7. The maximum Gasteiger partial charge on any atom is 2.00 e. The molecule has 0 spiro atoms. The van der Waals surface area contributed by atoms with Crippen LogP contribution >= 0.6 is 0 Å². The van der Waals surface area contributed by atoms with Crippen LogP contribution in [0.2, 0.25) is 0 Å². The molecule has 0 atom stereocenters. The van der Waals surface area contributed by atoms with Crippen LogP contribution < -0.4 is 0 Å². The summed E-state index contributed by atoms with van der Waals surface area (Å²) in [5, 5.41) is 0. The van der Waals surface area contributed by atoms with Gasteiger partial charge in [0.1, 0.15) is 0 Å². The van der Waals surface area contributed by atoms with Gasteiger partial charge in [-0.1, -0.05) is 5.56 Å². The van der Waals surface area contributed by atoms with Crippen LogP contribution in [0.3, 0.4) is 0 Å². The predicted octanol–water partition coefficient (Wildman–Crippen LogP) is 7.18. The molecule has 0 saturated heterocycles. The summed E-state index contributed by atoms with van der Waals surface area (Å²) >= 11 is 0. The van der Waals surface area contributed by atoms with Crippen molar-refractivity contribution in [2.45, 2.75) is 47.6 Å². The first-order valence-corrected chi connectivity index (χ1v) is 7.44. The normalized spacial score (nSPS) is 14.6. The minimum absolute atomic E-state index is 0. The second-order valence-corrected chi connectivity index (χ2v) is 5.81. The van der Waals surface area contributed by atoms with Gasteiger partial charge < -0.3 is 6.58 Å². The zero-order valence-electron chi connectivity index (χ0n) is 15.7. The van der Waals surface area contributed by atoms with Crippen LogP contribution in [-0.4, -0.2) is 64.8 Å². The fraction of sp³-hybridized carbons (Fsp3) is 0.500. The maximum absolute atomic E-state index is 13.7. The molecule has 0 aliphatic rings. The summed E-state index contributed by atoms with van der Waals surface area (Å²) in [4.78, 5) is 0. The van der Waals surface area contributed by atoms with Crippen molar-refractivity contribution in [3.8, 4) is 0 Å². The molecule has 0 saturated carbocycles. The van der Waals surface area contributed by atoms with E-state index in [1.54, 1.807) is 6.07 Å². The van der Waals surface area contributed by atoms with Crippen molar-refractivity contribution in [2.24, 2.45) is 0 Å². The minimum Gasteiger partial charge on any atom is -0.521 e. The van der Waals surface area contributed by atoms with Crippen molar-refractivity contribution in [2.75, 3.05) is 0 Å². The van der Waals surface area contributed by atoms with Crippen molar-refractivity contribution in [1.82, 2.24) is 0 Å². The summed E-state index contributed by atoms with van der Waals surface area (Å²) in [6, 6.07) is 2.29. The molecule has 0 aliphatic heterocycles. The summed E-state index contributed by atoms with van der Waals surface area (Å²) in [5.41, 5.74) is -2.29. The van der Waals surface area contributed by atoms with Crippen LogP contribution in [0.15, 0.2) is 30.8 Å². The third kappa shape index (κ3) is 4.67. The van der Waals surface area contributed by atoms with E-state index in [0.717, 1.165) is 0 Å². The SMILES string of the molecule is FC(F)(F)C(F)(F)C(F)(F)C(F)(F)C(F)(F)C(F)(F)C(F)(F)C(F)(F)c1c[c-]ccc1.[CH-]=C.[Mg+2]. The minimum atomic E-state index is -8.62. The van der Waals surface area contributed by atoms with Crippen LogP contribution in [0.1, 0.15) is 5.56 Å². The monoisotopic (exact) mass is 546 g/mol. The molecule has 0 fully saturated rings. The predicted molar refractivity (Wildman–Crippen MR) is 80.6 cm³/mol. The van der Waals surface area contributed by atoms with Crippen LogP contribution in [0.4, 0.5) is 74.6 Å². The first kappa shape index (κ1) is 34.7. The van der Waals surface area contributed by atoms with Crippen LogP contribution in [0, 0.1) is 12.6 Å². The first-order chi connectivity index (χ1) is 14.4. The zero-order valence-corrected chi connectivity index (χ0v) is 17.1. The van der Waals surface area contributed by atoms with Gasteiger partial charge >= 0.3 is 70.7 Å². The molecule has 18 heteroatoms. The molecule has 34 heavy (non-hydrogen) atoms. The van der Waals surface area contributed by atoms with Gasteiger partial charge in [-0.15, -0.1) is 0 Å². The molecule has 0 N–H and O–H groups in total. The van der Waals surface area contributed by atoms with E-state index in [2.05, 4.69) is 13.2 Å². The van der Waals surface area contributed by atoms with E-state index in [0.29, 0.717) is 12.1 Å². The van der Waals surface area contributed by atoms with Crippen molar-refractivity contribution in [3.05, 3.63) is 49.1 Å². The van der Waals surface area contributed by atoms with Gasteiger partial charge in [-0.2, -0.15) is 96.2 Å². The number of hydrogen-bond donors (Lipinski definition) is 0. The second-order valence-electron chi connectivity index (χ2n) is 5.81. The van der Waals surface area contributed by atoms with Crippen molar-refractivity contribution >= 4 is 23.1 Å². The Morgan fingerprint density at radius 2 is 0.882 bits per heavy atom. The Balaban J connectivity index is 0. The molecule has 0 radical (unpaired) electrons. The van der Waals surface area contributed by atoms with Crippen molar-refractivity contribution in [1.29, 1.82) is 0 Å². The molecule has 0 aliphatic carbocycles. The van der Waals surface area contributed by atoms with E-state index in [1.165, 1.54) is 0 Å². The average Bonchev–Trinajstić information content (AvgIpc) is 2.68. The van der Waals surface area contributed by atoms with Gasteiger partial charge in [-0.3, -0.25) is 6.58 Å². The largest absolute Gasteiger partial charge is 2.00 e. The van der Waals surface area contributed by atoms with Gasteiger partial charge in [-0.25, -0.2) is 8.78 Å². The molecule has 1 rings (SSSR count). The van der Waals surface area contributed by atoms with Gasteiger partial charge in [0.05, 0.1) is 0 Å². The van der Waals surface area contributed by atoms with Gasteiger partial charge in [0, 0.05) is 0 Å². The molecule has 0 heterocycles. The Hall–Kier alpha value is -1.46. The average molecular weight is 547 g/mol. The molecule has 1 aromatic rings. The summed E-state index contributed by atoms with van der Waals surface area (Å²) in [6.07, 6.45) is -7.77. The number of alkyl halides is 17. The Bertz CT molecular complexity index is 797. The fourth-order valence-electron chi connectivity index (χ4n) is 1.93. The molecule has 0 bridgehead atoms. The Morgan fingerprint density at radius 3 is 1.18 bits per heavy atom. The Morgan fingerprint density at radius 1 is 0.559 bits per heavy atom. The topological polar surface area (TPSA) is 0 Å². The standard InChI is InChI=1S/C14H4F17.C2H3.Mg/c15-7(16,6-4-2-1-3-5-6)8(17,18)9(19,20)10(21,22)11(23,24)12(25,26)13(27,28)14(29,30)31;1-2;/h1-2,4-5H;1H,2H2;/q2*-1;+2. The number of halogens is 17. The van der Waals surface area contributed by atoms with Crippen molar-refractivity contribution in [3.63, 3.8) is 0 Å². The molecule has 0 amide bonds. The quantitative estimate of drug-likeness (QED) is 0.193. The Labute approximate surface area is 194 Å². The van der Waals surface area contributed by atoms with E-state index in [9.17, 15) is 74.6 Å². The van der Waals surface area contributed by atoms with E-state index in [1.807, 2.05) is 0 Å². The van der Waals surface area contributed by atoms with Crippen LogP contribution in [0.5, 0.6) is 0 Å². The van der Waals surface area contributed by atoms with Crippen LogP contribution in [0.25, 0.3) is 0 Å². The maximum atomic E-state index is 13.7. The van der Waals surface area contributed by atoms with Gasteiger partial charge in [0.2, 0.25) is 0 Å².